The third kappa shape index (κ3) is 5.08. The third-order valence-electron chi connectivity index (χ3n) is 3.40. The Morgan fingerprint density at radius 3 is 2.50 bits per heavy atom. The molecule has 0 spiro atoms. The van der Waals surface area contributed by atoms with Gasteiger partial charge in [-0.2, -0.15) is 0 Å². The number of carbonyl (C=O) groups is 1. The van der Waals surface area contributed by atoms with E-state index in [1.54, 1.807) is 16.7 Å². The highest BCUT2D eigenvalue weighted by Gasteiger charge is 2.10. The minimum atomic E-state index is 0.138. The first-order valence-corrected chi connectivity index (χ1v) is 8.59. The van der Waals surface area contributed by atoms with Gasteiger partial charge < -0.3 is 4.90 Å². The second kappa shape index (κ2) is 8.25. The van der Waals surface area contributed by atoms with Crippen LogP contribution in [-0.2, 0) is 11.3 Å². The highest BCUT2D eigenvalue weighted by atomic mass is 35.5. The van der Waals surface area contributed by atoms with Crippen molar-refractivity contribution in [1.29, 1.82) is 0 Å². The fourth-order valence-electron chi connectivity index (χ4n) is 2.05. The van der Waals surface area contributed by atoms with E-state index in [1.807, 2.05) is 31.3 Å². The summed E-state index contributed by atoms with van der Waals surface area (Å²) in [5.41, 5.74) is 2.23. The molecule has 0 aliphatic carbocycles. The van der Waals surface area contributed by atoms with Crippen LogP contribution in [0.3, 0.4) is 0 Å². The molecule has 0 heterocycles. The van der Waals surface area contributed by atoms with Crippen LogP contribution in [0.15, 0.2) is 53.4 Å². The maximum atomic E-state index is 12.2. The van der Waals surface area contributed by atoms with E-state index in [-0.39, 0.29) is 5.91 Å². The summed E-state index contributed by atoms with van der Waals surface area (Å²) >= 11 is 7.84. The van der Waals surface area contributed by atoms with Gasteiger partial charge in [-0.3, -0.25) is 4.79 Å². The molecule has 0 unspecified atom stereocenters. The number of rotatable bonds is 6. The molecule has 22 heavy (non-hydrogen) atoms. The number of aryl methyl sites for hydroxylation is 1. The molecule has 0 aliphatic rings. The molecule has 0 bridgehead atoms. The predicted octanol–water partition coefficient (Wildman–Crippen LogP) is 4.79. The van der Waals surface area contributed by atoms with Crippen molar-refractivity contribution >= 4 is 29.3 Å². The molecule has 0 radical (unpaired) electrons. The van der Waals surface area contributed by atoms with Gasteiger partial charge in [-0.15, -0.1) is 11.8 Å². The van der Waals surface area contributed by atoms with Gasteiger partial charge in [0.25, 0.3) is 0 Å². The SMILES string of the molecule is Cc1ccc(SCCC(=O)N(C)Cc2ccccc2Cl)cc1. The second-order valence-corrected chi connectivity index (χ2v) is 6.83. The van der Waals surface area contributed by atoms with Gasteiger partial charge in [-0.05, 0) is 30.7 Å². The van der Waals surface area contributed by atoms with Crippen LogP contribution in [0.1, 0.15) is 17.5 Å². The summed E-state index contributed by atoms with van der Waals surface area (Å²) in [6.07, 6.45) is 0.527. The number of benzene rings is 2. The van der Waals surface area contributed by atoms with E-state index in [9.17, 15) is 4.79 Å². The first-order valence-electron chi connectivity index (χ1n) is 7.23. The minimum absolute atomic E-state index is 0.138. The van der Waals surface area contributed by atoms with Gasteiger partial charge in [0.1, 0.15) is 0 Å². The molecule has 2 aromatic rings. The summed E-state index contributed by atoms with van der Waals surface area (Å²) in [5, 5.41) is 0.705. The first kappa shape index (κ1) is 16.9. The number of hydrogen-bond donors (Lipinski definition) is 0. The van der Waals surface area contributed by atoms with Gasteiger partial charge >= 0.3 is 0 Å². The van der Waals surface area contributed by atoms with E-state index >= 15 is 0 Å². The Bertz CT molecular complexity index is 627. The summed E-state index contributed by atoms with van der Waals surface area (Å²) in [7, 11) is 1.82. The molecule has 0 aromatic heterocycles. The third-order valence-corrected chi connectivity index (χ3v) is 4.78. The zero-order valence-electron chi connectivity index (χ0n) is 12.9. The summed E-state index contributed by atoms with van der Waals surface area (Å²) in [4.78, 5) is 15.1. The normalized spacial score (nSPS) is 10.5. The van der Waals surface area contributed by atoms with Gasteiger partial charge in [0.15, 0.2) is 0 Å². The molecule has 0 aliphatic heterocycles. The highest BCUT2D eigenvalue weighted by molar-refractivity contribution is 7.99. The van der Waals surface area contributed by atoms with Crippen molar-refractivity contribution in [3.63, 3.8) is 0 Å². The molecule has 116 valence electrons. The Kier molecular flexibility index (Phi) is 6.34. The molecular formula is C18H20ClNOS. The minimum Gasteiger partial charge on any atom is -0.341 e. The molecule has 2 aromatic carbocycles. The highest BCUT2D eigenvalue weighted by Crippen LogP contribution is 2.20. The average Bonchev–Trinajstić information content (AvgIpc) is 2.51. The Labute approximate surface area is 141 Å². The molecule has 0 atom stereocenters. The monoisotopic (exact) mass is 333 g/mol. The summed E-state index contributed by atoms with van der Waals surface area (Å²) in [6.45, 7) is 2.62. The van der Waals surface area contributed by atoms with Crippen molar-refractivity contribution in [2.75, 3.05) is 12.8 Å². The summed E-state index contributed by atoms with van der Waals surface area (Å²) in [6, 6.07) is 16.0. The summed E-state index contributed by atoms with van der Waals surface area (Å²) in [5.74, 6) is 0.925. The Morgan fingerprint density at radius 1 is 1.14 bits per heavy atom. The molecule has 0 N–H and O–H groups in total. The lowest BCUT2D eigenvalue weighted by atomic mass is 10.2. The average molecular weight is 334 g/mol. The van der Waals surface area contributed by atoms with Crippen molar-refractivity contribution in [3.8, 4) is 0 Å². The van der Waals surface area contributed by atoms with E-state index in [1.165, 1.54) is 10.5 Å². The second-order valence-electron chi connectivity index (χ2n) is 5.25. The number of nitrogens with zero attached hydrogens (tertiary/aromatic N) is 1. The van der Waals surface area contributed by atoms with Gasteiger partial charge in [0, 0.05) is 35.7 Å². The maximum absolute atomic E-state index is 12.2. The van der Waals surface area contributed by atoms with E-state index < -0.39 is 0 Å². The van der Waals surface area contributed by atoms with E-state index in [0.717, 1.165) is 11.3 Å². The molecule has 0 fully saturated rings. The fraction of sp³-hybridized carbons (Fsp3) is 0.278. The standard InChI is InChI=1S/C18H20ClNOS/c1-14-7-9-16(10-8-14)22-12-11-18(21)20(2)13-15-5-3-4-6-17(15)19/h3-10H,11-13H2,1-2H3. The quantitative estimate of drug-likeness (QED) is 0.708. The summed E-state index contributed by atoms with van der Waals surface area (Å²) < 4.78 is 0. The van der Waals surface area contributed by atoms with Crippen LogP contribution in [0.5, 0.6) is 0 Å². The van der Waals surface area contributed by atoms with Gasteiger partial charge in [-0.1, -0.05) is 47.5 Å². The van der Waals surface area contributed by atoms with Crippen molar-refractivity contribution in [3.05, 3.63) is 64.7 Å². The number of thioether (sulfide) groups is 1. The lowest BCUT2D eigenvalue weighted by molar-refractivity contribution is -0.129. The first-order chi connectivity index (χ1) is 10.6. The number of amides is 1. The fourth-order valence-corrected chi connectivity index (χ4v) is 3.09. The van der Waals surface area contributed by atoms with Crippen LogP contribution in [0.4, 0.5) is 0 Å². The number of carbonyl (C=O) groups excluding carboxylic acids is 1. The zero-order chi connectivity index (χ0) is 15.9. The van der Waals surface area contributed by atoms with E-state index in [4.69, 9.17) is 11.6 Å². The Morgan fingerprint density at radius 2 is 1.82 bits per heavy atom. The van der Waals surface area contributed by atoms with Crippen LogP contribution in [-0.4, -0.2) is 23.6 Å². The van der Waals surface area contributed by atoms with Crippen molar-refractivity contribution in [2.45, 2.75) is 24.8 Å². The topological polar surface area (TPSA) is 20.3 Å². The van der Waals surface area contributed by atoms with Crippen LogP contribution in [0, 0.1) is 6.92 Å². The van der Waals surface area contributed by atoms with Crippen molar-refractivity contribution in [1.82, 2.24) is 4.90 Å². The molecule has 2 rings (SSSR count). The molecule has 0 saturated heterocycles. The molecule has 4 heteroatoms. The number of hydrogen-bond acceptors (Lipinski definition) is 2. The lowest BCUT2D eigenvalue weighted by Crippen LogP contribution is -2.26. The van der Waals surface area contributed by atoms with Crippen LogP contribution < -0.4 is 0 Å². The van der Waals surface area contributed by atoms with Gasteiger partial charge in [0.2, 0.25) is 5.91 Å². The van der Waals surface area contributed by atoms with Crippen molar-refractivity contribution < 1.29 is 4.79 Å². The zero-order valence-corrected chi connectivity index (χ0v) is 14.5. The van der Waals surface area contributed by atoms with Crippen LogP contribution in [0.2, 0.25) is 5.02 Å². The smallest absolute Gasteiger partial charge is 0.223 e. The largest absolute Gasteiger partial charge is 0.341 e. The molecule has 2 nitrogen and oxygen atoms in total. The van der Waals surface area contributed by atoms with Crippen LogP contribution in [0.25, 0.3) is 0 Å². The van der Waals surface area contributed by atoms with Gasteiger partial charge in [0.05, 0.1) is 0 Å². The molecule has 0 saturated carbocycles. The maximum Gasteiger partial charge on any atom is 0.223 e. The van der Waals surface area contributed by atoms with Crippen LogP contribution >= 0.6 is 23.4 Å². The van der Waals surface area contributed by atoms with Crippen molar-refractivity contribution in [2.24, 2.45) is 0 Å². The Balaban J connectivity index is 1.79. The number of halogens is 1. The molecular weight excluding hydrogens is 314 g/mol. The Hall–Kier alpha value is -1.45. The molecule has 1 amide bonds. The van der Waals surface area contributed by atoms with Gasteiger partial charge in [-0.25, -0.2) is 0 Å². The van der Waals surface area contributed by atoms with E-state index in [0.29, 0.717) is 18.0 Å². The lowest BCUT2D eigenvalue weighted by Gasteiger charge is -2.18. The van der Waals surface area contributed by atoms with E-state index in [2.05, 4.69) is 31.2 Å². The predicted molar refractivity (Wildman–Crippen MR) is 94.4 cm³/mol.